The molecule has 0 radical (unpaired) electrons. The maximum Gasteiger partial charge on any atom is 0.348 e. The lowest BCUT2D eigenvalue weighted by molar-refractivity contribution is -0.150. The van der Waals surface area contributed by atoms with Crippen LogP contribution in [0.3, 0.4) is 0 Å². The number of furan rings is 2. The van der Waals surface area contributed by atoms with E-state index in [0.29, 0.717) is 41.4 Å². The number of hydrogen-bond donors (Lipinski definition) is 1. The van der Waals surface area contributed by atoms with Crippen LogP contribution < -0.4 is 14.2 Å². The molecule has 2 saturated carbocycles. The quantitative estimate of drug-likeness (QED) is 0.176. The van der Waals surface area contributed by atoms with Gasteiger partial charge in [0.15, 0.2) is 11.2 Å². The standard InChI is InChI=1S/C30H26O10S/c1-14-7-15-9-16(8-14)13-30(2,12-15)29(33)40-26-24-21(22-23(38-24)25(26)39-28(22)32)27(31)37-19-5-3-18-11-20(41(34,35)36)6-4-17(18)10-19/h3-6,10-11,14-16H,7-9,12-13H2,1-2H3,(H,34,35,36). The van der Waals surface area contributed by atoms with Crippen LogP contribution in [-0.2, 0) is 14.9 Å². The van der Waals surface area contributed by atoms with Gasteiger partial charge >= 0.3 is 17.9 Å². The first-order valence-corrected chi connectivity index (χ1v) is 14.9. The van der Waals surface area contributed by atoms with E-state index < -0.39 is 33.4 Å². The van der Waals surface area contributed by atoms with Gasteiger partial charge in [0.2, 0.25) is 11.5 Å². The average molecular weight is 579 g/mol. The Morgan fingerprint density at radius 2 is 1.66 bits per heavy atom. The van der Waals surface area contributed by atoms with Crippen molar-refractivity contribution < 1.29 is 46.0 Å². The first-order valence-electron chi connectivity index (χ1n) is 13.5. The summed E-state index contributed by atoms with van der Waals surface area (Å²) < 4.78 is 54.6. The molecule has 10 nitrogen and oxygen atoms in total. The molecule has 1 aliphatic heterocycles. The third kappa shape index (κ3) is 4.17. The molecule has 212 valence electrons. The van der Waals surface area contributed by atoms with E-state index in [1.54, 1.807) is 0 Å². The van der Waals surface area contributed by atoms with Crippen LogP contribution in [0.2, 0.25) is 0 Å². The third-order valence-corrected chi connectivity index (χ3v) is 9.58. The Kier molecular flexibility index (Phi) is 5.55. The molecule has 2 aliphatic carbocycles. The van der Waals surface area contributed by atoms with E-state index in [0.717, 1.165) is 19.3 Å². The second-order valence-corrected chi connectivity index (χ2v) is 13.4. The fourth-order valence-corrected chi connectivity index (χ4v) is 7.75. The highest BCUT2D eigenvalue weighted by Gasteiger charge is 2.49. The largest absolute Gasteiger partial charge is 0.447 e. The van der Waals surface area contributed by atoms with E-state index in [9.17, 15) is 27.4 Å². The van der Waals surface area contributed by atoms with E-state index in [4.69, 9.17) is 18.6 Å². The maximum atomic E-state index is 13.5. The molecular weight excluding hydrogens is 552 g/mol. The van der Waals surface area contributed by atoms with Crippen LogP contribution >= 0.6 is 0 Å². The summed E-state index contributed by atoms with van der Waals surface area (Å²) in [6, 6.07) is 8.46. The highest BCUT2D eigenvalue weighted by Crippen LogP contribution is 2.54. The first-order chi connectivity index (χ1) is 19.4. The van der Waals surface area contributed by atoms with Crippen LogP contribution in [-0.4, -0.2) is 30.9 Å². The van der Waals surface area contributed by atoms with Crippen molar-refractivity contribution >= 4 is 50.0 Å². The lowest BCUT2D eigenvalue weighted by Gasteiger charge is -2.45. The molecule has 3 aliphatic rings. The summed E-state index contributed by atoms with van der Waals surface area (Å²) in [6.45, 7) is 4.17. The molecule has 7 rings (SSSR count). The molecule has 0 saturated heterocycles. The molecule has 2 unspecified atom stereocenters. The lowest BCUT2D eigenvalue weighted by Crippen LogP contribution is -2.42. The highest BCUT2D eigenvalue weighted by molar-refractivity contribution is 7.85. The van der Waals surface area contributed by atoms with Gasteiger partial charge in [-0.25, -0.2) is 9.59 Å². The zero-order valence-electron chi connectivity index (χ0n) is 22.3. The zero-order valence-corrected chi connectivity index (χ0v) is 23.1. The van der Waals surface area contributed by atoms with Gasteiger partial charge in [-0.3, -0.25) is 9.35 Å². The minimum atomic E-state index is -4.38. The number of ether oxygens (including phenoxy) is 3. The predicted molar refractivity (Wildman–Crippen MR) is 144 cm³/mol. The van der Waals surface area contributed by atoms with E-state index in [1.165, 1.54) is 36.4 Å². The van der Waals surface area contributed by atoms with Crippen LogP contribution in [0, 0.1) is 23.2 Å². The number of hydrogen-bond acceptors (Lipinski definition) is 9. The first kappa shape index (κ1) is 26.0. The van der Waals surface area contributed by atoms with Crippen molar-refractivity contribution in [1.29, 1.82) is 0 Å². The Morgan fingerprint density at radius 3 is 2.37 bits per heavy atom. The maximum absolute atomic E-state index is 13.5. The van der Waals surface area contributed by atoms with E-state index >= 15 is 0 Å². The number of rotatable bonds is 5. The molecule has 2 fully saturated rings. The second-order valence-electron chi connectivity index (χ2n) is 12.0. The Hall–Kier alpha value is -3.96. The third-order valence-electron chi connectivity index (χ3n) is 8.73. The number of carbonyl (C=O) groups is 3. The van der Waals surface area contributed by atoms with E-state index in [-0.39, 0.29) is 44.4 Å². The molecule has 41 heavy (non-hydrogen) atoms. The highest BCUT2D eigenvalue weighted by atomic mass is 32.2. The molecule has 2 aromatic carbocycles. The smallest absolute Gasteiger partial charge is 0.348 e. The van der Waals surface area contributed by atoms with Gasteiger partial charge in [-0.2, -0.15) is 8.42 Å². The van der Waals surface area contributed by atoms with Crippen LogP contribution in [0.25, 0.3) is 21.9 Å². The van der Waals surface area contributed by atoms with Gasteiger partial charge in [-0.1, -0.05) is 19.1 Å². The van der Waals surface area contributed by atoms with Gasteiger partial charge < -0.3 is 18.6 Å². The van der Waals surface area contributed by atoms with Gasteiger partial charge in [0.05, 0.1) is 10.3 Å². The minimum Gasteiger partial charge on any atom is -0.447 e. The Labute approximate surface area is 234 Å². The Bertz CT molecular complexity index is 1870. The fraction of sp³-hybridized carbons (Fsp3) is 0.367. The topological polar surface area (TPSA) is 146 Å². The van der Waals surface area contributed by atoms with Gasteiger partial charge in [0, 0.05) is 0 Å². The number of fused-ring (bicyclic) bond motifs is 4. The number of benzene rings is 3. The molecule has 2 aromatic heterocycles. The van der Waals surface area contributed by atoms with E-state index in [1.807, 2.05) is 6.92 Å². The van der Waals surface area contributed by atoms with Gasteiger partial charge in [0.1, 0.15) is 16.9 Å². The van der Waals surface area contributed by atoms with Crippen LogP contribution in [0.15, 0.2) is 45.7 Å². The van der Waals surface area contributed by atoms with Crippen molar-refractivity contribution in [3.8, 4) is 17.2 Å². The SMILES string of the molecule is CC1CC2CC(C1)CC(C)(C(=O)Oc1c3c4oc1c(C(=O)Oc1ccc5cc(S(=O)(=O)O)ccc5c1)c4C(=O)O3)C2. The van der Waals surface area contributed by atoms with Crippen molar-refractivity contribution in [2.45, 2.75) is 50.8 Å². The van der Waals surface area contributed by atoms with Crippen LogP contribution in [0.1, 0.15) is 66.7 Å². The van der Waals surface area contributed by atoms with Crippen molar-refractivity contribution in [3.63, 3.8) is 0 Å². The molecule has 0 spiro atoms. The fourth-order valence-electron chi connectivity index (χ4n) is 7.23. The number of carbonyl (C=O) groups excluding carboxylic acids is 3. The number of esters is 3. The van der Waals surface area contributed by atoms with Crippen molar-refractivity contribution in [2.75, 3.05) is 0 Å². The summed E-state index contributed by atoms with van der Waals surface area (Å²) in [6.07, 6.45) is 4.72. The van der Waals surface area contributed by atoms with Gasteiger partial charge in [-0.15, -0.1) is 0 Å². The average Bonchev–Trinajstić information content (AvgIpc) is 3.51. The molecule has 4 aromatic rings. The second kappa shape index (κ2) is 8.77. The van der Waals surface area contributed by atoms with Crippen molar-refractivity contribution in [2.24, 2.45) is 23.2 Å². The summed E-state index contributed by atoms with van der Waals surface area (Å²) in [5.74, 6) is -0.571. The van der Waals surface area contributed by atoms with Crippen LogP contribution in [0.4, 0.5) is 0 Å². The summed E-state index contributed by atoms with van der Waals surface area (Å²) in [7, 11) is -4.38. The minimum absolute atomic E-state index is 0.00142. The Balaban J connectivity index is 1.17. The van der Waals surface area contributed by atoms with Crippen molar-refractivity contribution in [1.82, 2.24) is 0 Å². The summed E-state index contributed by atoms with van der Waals surface area (Å²) in [5.41, 5.74) is -1.01. The normalized spacial score (nSPS) is 25.4. The van der Waals surface area contributed by atoms with Crippen LogP contribution in [0.5, 0.6) is 17.2 Å². The lowest BCUT2D eigenvalue weighted by atomic mass is 9.59. The summed E-state index contributed by atoms with van der Waals surface area (Å²) >= 11 is 0. The molecular formula is C30H26O10S. The zero-order chi connectivity index (χ0) is 28.8. The molecule has 2 atom stereocenters. The molecule has 4 bridgehead atoms. The molecule has 3 heterocycles. The molecule has 0 amide bonds. The summed E-state index contributed by atoms with van der Waals surface area (Å²) in [4.78, 5) is 39.3. The van der Waals surface area contributed by atoms with Crippen molar-refractivity contribution in [3.05, 3.63) is 47.5 Å². The van der Waals surface area contributed by atoms with Gasteiger partial charge in [-0.05, 0) is 91.8 Å². The molecule has 11 heteroatoms. The monoisotopic (exact) mass is 578 g/mol. The Morgan fingerprint density at radius 1 is 0.976 bits per heavy atom. The van der Waals surface area contributed by atoms with E-state index in [2.05, 4.69) is 6.92 Å². The molecule has 1 N–H and O–H groups in total. The predicted octanol–water partition coefficient (Wildman–Crippen LogP) is 5.78. The van der Waals surface area contributed by atoms with Gasteiger partial charge in [0.25, 0.3) is 10.1 Å². The summed E-state index contributed by atoms with van der Waals surface area (Å²) in [5, 5.41) is 1.04.